The summed E-state index contributed by atoms with van der Waals surface area (Å²) < 4.78 is 5.85. The molecule has 140 valence electrons. The van der Waals surface area contributed by atoms with Gasteiger partial charge in [-0.05, 0) is 49.1 Å². The van der Waals surface area contributed by atoms with Gasteiger partial charge in [0.2, 0.25) is 0 Å². The second-order valence-electron chi connectivity index (χ2n) is 6.43. The van der Waals surface area contributed by atoms with E-state index in [2.05, 4.69) is 21.8 Å². The minimum atomic E-state index is -0.229. The molecule has 3 heterocycles. The molecule has 0 N–H and O–H groups in total. The number of hydrogen-bond donors (Lipinski definition) is 0. The Labute approximate surface area is 171 Å². The van der Waals surface area contributed by atoms with Gasteiger partial charge in [0.25, 0.3) is 5.91 Å². The first-order chi connectivity index (χ1) is 13.0. The summed E-state index contributed by atoms with van der Waals surface area (Å²) in [5.74, 6) is 0.949. The van der Waals surface area contributed by atoms with Crippen LogP contribution in [0.4, 0.5) is 0 Å². The number of aliphatic imine (C=N–C) groups is 1. The Balaban J connectivity index is 1.51. The molecule has 2 aliphatic heterocycles. The Hall–Kier alpha value is -1.73. The number of hydrogen-bond acceptors (Lipinski definition) is 5. The van der Waals surface area contributed by atoms with E-state index in [0.29, 0.717) is 32.0 Å². The molecule has 5 nitrogen and oxygen atoms in total. The van der Waals surface area contributed by atoms with Crippen LogP contribution in [0.25, 0.3) is 17.4 Å². The van der Waals surface area contributed by atoms with Gasteiger partial charge in [-0.25, -0.2) is 0 Å². The van der Waals surface area contributed by atoms with Crippen LogP contribution in [0.15, 0.2) is 44.6 Å². The van der Waals surface area contributed by atoms with Crippen molar-refractivity contribution in [1.82, 2.24) is 9.80 Å². The lowest BCUT2D eigenvalue weighted by atomic mass is 10.2. The zero-order valence-electron chi connectivity index (χ0n) is 14.6. The third-order valence-electron chi connectivity index (χ3n) is 4.48. The fourth-order valence-corrected chi connectivity index (χ4v) is 4.25. The zero-order valence-corrected chi connectivity index (χ0v) is 16.9. The summed E-state index contributed by atoms with van der Waals surface area (Å²) in [5.41, 5.74) is 0.716. The summed E-state index contributed by atoms with van der Waals surface area (Å²) in [6.45, 7) is 3.69. The van der Waals surface area contributed by atoms with Gasteiger partial charge in [0.15, 0.2) is 5.17 Å². The Kier molecular flexibility index (Phi) is 5.32. The zero-order chi connectivity index (χ0) is 19.0. The van der Waals surface area contributed by atoms with Crippen LogP contribution in [0.5, 0.6) is 0 Å². The van der Waals surface area contributed by atoms with Crippen LogP contribution in [-0.2, 0) is 4.79 Å². The van der Waals surface area contributed by atoms with E-state index in [0.717, 1.165) is 31.3 Å². The molecule has 1 fully saturated rings. The SMILES string of the molecule is CN1CCN(C2=NC(=O)/C(=C\c3ccc(-c4cc(Cl)ccc4Cl)o3)S2)CC1. The van der Waals surface area contributed by atoms with Crippen LogP contribution < -0.4 is 0 Å². The van der Waals surface area contributed by atoms with Crippen LogP contribution in [0.3, 0.4) is 0 Å². The average molecular weight is 422 g/mol. The largest absolute Gasteiger partial charge is 0.457 e. The van der Waals surface area contributed by atoms with Crippen LogP contribution in [-0.4, -0.2) is 54.1 Å². The van der Waals surface area contributed by atoms with Gasteiger partial charge in [-0.2, -0.15) is 4.99 Å². The van der Waals surface area contributed by atoms with Crippen molar-refractivity contribution in [2.45, 2.75) is 0 Å². The molecule has 0 atom stereocenters. The minimum absolute atomic E-state index is 0.229. The van der Waals surface area contributed by atoms with Crippen LogP contribution >= 0.6 is 35.0 Å². The first-order valence-corrected chi connectivity index (χ1v) is 10.1. The molecule has 0 saturated carbocycles. The summed E-state index contributed by atoms with van der Waals surface area (Å²) in [6.07, 6.45) is 1.72. The third kappa shape index (κ3) is 4.09. The Morgan fingerprint density at radius 1 is 1.15 bits per heavy atom. The van der Waals surface area contributed by atoms with Crippen molar-refractivity contribution in [2.75, 3.05) is 33.2 Å². The molecule has 1 amide bonds. The lowest BCUT2D eigenvalue weighted by molar-refractivity contribution is -0.113. The van der Waals surface area contributed by atoms with E-state index in [9.17, 15) is 4.79 Å². The Bertz CT molecular complexity index is 946. The molecule has 0 aliphatic carbocycles. The van der Waals surface area contributed by atoms with Gasteiger partial charge >= 0.3 is 0 Å². The summed E-state index contributed by atoms with van der Waals surface area (Å²) in [5, 5.41) is 1.90. The molecule has 27 heavy (non-hydrogen) atoms. The van der Waals surface area contributed by atoms with Crippen molar-refractivity contribution >= 4 is 52.1 Å². The number of amidine groups is 1. The predicted octanol–water partition coefficient (Wildman–Crippen LogP) is 4.47. The topological polar surface area (TPSA) is 49.0 Å². The van der Waals surface area contributed by atoms with E-state index >= 15 is 0 Å². The molecule has 0 radical (unpaired) electrons. The monoisotopic (exact) mass is 421 g/mol. The van der Waals surface area contributed by atoms with E-state index < -0.39 is 0 Å². The predicted molar refractivity (Wildman–Crippen MR) is 111 cm³/mol. The molecule has 1 saturated heterocycles. The number of amides is 1. The average Bonchev–Trinajstić information content (AvgIpc) is 3.25. The number of rotatable bonds is 2. The number of furan rings is 1. The molecule has 4 rings (SSSR count). The third-order valence-corrected chi connectivity index (χ3v) is 6.09. The summed E-state index contributed by atoms with van der Waals surface area (Å²) in [6, 6.07) is 8.83. The van der Waals surface area contributed by atoms with Gasteiger partial charge < -0.3 is 14.2 Å². The summed E-state index contributed by atoms with van der Waals surface area (Å²) in [4.78, 5) is 21.5. The molecular weight excluding hydrogens is 405 g/mol. The standard InChI is InChI=1S/C19H17Cl2N3O2S/c1-23-6-8-24(9-7-23)19-22-18(25)17(27-19)11-13-3-5-16(26-13)14-10-12(20)2-4-15(14)21/h2-5,10-11H,6-9H2,1H3/b17-11+. The lowest BCUT2D eigenvalue weighted by Crippen LogP contribution is -2.46. The van der Waals surface area contributed by atoms with Crippen molar-refractivity contribution < 1.29 is 9.21 Å². The van der Waals surface area contributed by atoms with Crippen molar-refractivity contribution in [3.05, 3.63) is 51.0 Å². The van der Waals surface area contributed by atoms with E-state index in [1.165, 1.54) is 11.8 Å². The number of piperazine rings is 1. The number of thioether (sulfide) groups is 1. The smallest absolute Gasteiger partial charge is 0.286 e. The number of carbonyl (C=O) groups excluding carboxylic acids is 1. The molecule has 2 aliphatic rings. The van der Waals surface area contributed by atoms with Crippen molar-refractivity contribution in [3.63, 3.8) is 0 Å². The van der Waals surface area contributed by atoms with Gasteiger partial charge in [0.05, 0.1) is 9.93 Å². The molecule has 0 spiro atoms. The van der Waals surface area contributed by atoms with Crippen LogP contribution in [0.2, 0.25) is 10.0 Å². The minimum Gasteiger partial charge on any atom is -0.457 e. The van der Waals surface area contributed by atoms with Crippen molar-refractivity contribution in [1.29, 1.82) is 0 Å². The first kappa shape index (κ1) is 18.6. The number of halogens is 2. The van der Waals surface area contributed by atoms with E-state index in [4.69, 9.17) is 27.6 Å². The highest BCUT2D eigenvalue weighted by Gasteiger charge is 2.28. The van der Waals surface area contributed by atoms with Gasteiger partial charge in [-0.3, -0.25) is 4.79 Å². The van der Waals surface area contributed by atoms with Gasteiger partial charge in [-0.1, -0.05) is 23.2 Å². The maximum Gasteiger partial charge on any atom is 0.286 e. The first-order valence-electron chi connectivity index (χ1n) is 8.51. The van der Waals surface area contributed by atoms with E-state index in [-0.39, 0.29) is 5.91 Å². The maximum absolute atomic E-state index is 12.3. The molecular formula is C19H17Cl2N3O2S. The molecule has 2 aromatic rings. The fourth-order valence-electron chi connectivity index (χ4n) is 2.92. The maximum atomic E-state index is 12.3. The quantitative estimate of drug-likeness (QED) is 0.669. The summed E-state index contributed by atoms with van der Waals surface area (Å²) >= 11 is 13.7. The Morgan fingerprint density at radius 3 is 2.70 bits per heavy atom. The number of likely N-dealkylation sites (N-methyl/N-ethyl adjacent to an activating group) is 1. The van der Waals surface area contributed by atoms with Gasteiger partial charge in [0, 0.05) is 42.8 Å². The van der Waals surface area contributed by atoms with Crippen LogP contribution in [0, 0.1) is 0 Å². The van der Waals surface area contributed by atoms with Crippen molar-refractivity contribution in [3.8, 4) is 11.3 Å². The molecule has 0 unspecified atom stereocenters. The van der Waals surface area contributed by atoms with Gasteiger partial charge in [0.1, 0.15) is 11.5 Å². The number of nitrogens with zero attached hydrogens (tertiary/aromatic N) is 3. The fraction of sp³-hybridized carbons (Fsp3) is 0.263. The Morgan fingerprint density at radius 2 is 1.93 bits per heavy atom. The highest BCUT2D eigenvalue weighted by Crippen LogP contribution is 2.34. The number of benzene rings is 1. The lowest BCUT2D eigenvalue weighted by Gasteiger charge is -2.32. The van der Waals surface area contributed by atoms with E-state index in [1.807, 2.05) is 6.07 Å². The summed E-state index contributed by atoms with van der Waals surface area (Å²) in [7, 11) is 2.10. The van der Waals surface area contributed by atoms with Crippen molar-refractivity contribution in [2.24, 2.45) is 4.99 Å². The van der Waals surface area contributed by atoms with Gasteiger partial charge in [-0.15, -0.1) is 0 Å². The molecule has 0 bridgehead atoms. The molecule has 1 aromatic carbocycles. The molecule has 8 heteroatoms. The van der Waals surface area contributed by atoms with Crippen LogP contribution in [0.1, 0.15) is 5.76 Å². The highest BCUT2D eigenvalue weighted by molar-refractivity contribution is 8.18. The second kappa shape index (κ2) is 7.72. The normalized spacial score (nSPS) is 19.8. The molecule has 1 aromatic heterocycles. The second-order valence-corrected chi connectivity index (χ2v) is 8.28. The van der Waals surface area contributed by atoms with E-state index in [1.54, 1.807) is 30.3 Å². The highest BCUT2D eigenvalue weighted by atomic mass is 35.5. The number of carbonyl (C=O) groups is 1.